The molecule has 0 aliphatic heterocycles. The molecule has 0 spiro atoms. The van der Waals surface area contributed by atoms with E-state index in [2.05, 4.69) is 15.5 Å². The number of carbonyl (C=O) groups excluding carboxylic acids is 1. The van der Waals surface area contributed by atoms with E-state index in [9.17, 15) is 13.2 Å². The van der Waals surface area contributed by atoms with Gasteiger partial charge in [0, 0.05) is 26.1 Å². The van der Waals surface area contributed by atoms with Gasteiger partial charge < -0.3 is 5.32 Å². The summed E-state index contributed by atoms with van der Waals surface area (Å²) in [5.41, 5.74) is 0.816. The Morgan fingerprint density at radius 3 is 2.43 bits per heavy atom. The number of aryl methyl sites for hydroxylation is 1. The molecule has 1 aromatic heterocycles. The van der Waals surface area contributed by atoms with Gasteiger partial charge in [0.15, 0.2) is 4.77 Å². The molecule has 1 aromatic carbocycles. The SMILES string of the molecule is CCCc1n[nH]c(=S)n1CC(=O)NCc1ccc(S(=O)(=O)N(CC)CC)cc1. The minimum Gasteiger partial charge on any atom is -0.350 e. The molecule has 154 valence electrons. The number of H-pyrrole nitrogens is 1. The minimum absolute atomic E-state index is 0.0963. The first kappa shape index (κ1) is 22.3. The van der Waals surface area contributed by atoms with Crippen LogP contribution in [-0.4, -0.2) is 46.5 Å². The van der Waals surface area contributed by atoms with Gasteiger partial charge in [-0.2, -0.15) is 9.40 Å². The van der Waals surface area contributed by atoms with Gasteiger partial charge in [0.25, 0.3) is 0 Å². The number of nitrogens with one attached hydrogen (secondary N) is 2. The van der Waals surface area contributed by atoms with E-state index >= 15 is 0 Å². The number of hydrogen-bond acceptors (Lipinski definition) is 5. The summed E-state index contributed by atoms with van der Waals surface area (Å²) in [6.45, 7) is 6.90. The maximum absolute atomic E-state index is 12.5. The molecule has 0 aliphatic carbocycles. The van der Waals surface area contributed by atoms with Gasteiger partial charge >= 0.3 is 0 Å². The van der Waals surface area contributed by atoms with E-state index in [-0.39, 0.29) is 17.3 Å². The van der Waals surface area contributed by atoms with Crippen molar-refractivity contribution >= 4 is 28.1 Å². The molecule has 1 heterocycles. The Labute approximate surface area is 171 Å². The predicted octanol–water partition coefficient (Wildman–Crippen LogP) is 2.24. The average Bonchev–Trinajstić information content (AvgIpc) is 3.01. The molecule has 8 nitrogen and oxygen atoms in total. The van der Waals surface area contributed by atoms with E-state index in [1.165, 1.54) is 4.31 Å². The van der Waals surface area contributed by atoms with Crippen molar-refractivity contribution in [2.24, 2.45) is 0 Å². The first-order chi connectivity index (χ1) is 13.3. The highest BCUT2D eigenvalue weighted by Gasteiger charge is 2.21. The van der Waals surface area contributed by atoms with Gasteiger partial charge in [-0.05, 0) is 36.3 Å². The number of amides is 1. The molecule has 0 aliphatic rings. The van der Waals surface area contributed by atoms with Crippen LogP contribution in [0, 0.1) is 4.77 Å². The van der Waals surface area contributed by atoms with Crippen molar-refractivity contribution in [1.82, 2.24) is 24.4 Å². The summed E-state index contributed by atoms with van der Waals surface area (Å²) in [5, 5.41) is 9.69. The van der Waals surface area contributed by atoms with E-state index in [1.807, 2.05) is 20.8 Å². The van der Waals surface area contributed by atoms with Crippen LogP contribution in [0.25, 0.3) is 0 Å². The Kier molecular flexibility index (Phi) is 7.90. The molecule has 1 amide bonds. The molecule has 0 fully saturated rings. The van der Waals surface area contributed by atoms with Gasteiger partial charge in [-0.1, -0.05) is 32.9 Å². The number of aromatic nitrogens is 3. The molecular weight excluding hydrogens is 398 g/mol. The summed E-state index contributed by atoms with van der Waals surface area (Å²) in [6, 6.07) is 6.56. The van der Waals surface area contributed by atoms with Crippen molar-refractivity contribution in [3.63, 3.8) is 0 Å². The monoisotopic (exact) mass is 425 g/mol. The van der Waals surface area contributed by atoms with Crippen LogP contribution in [0.4, 0.5) is 0 Å². The quantitative estimate of drug-likeness (QED) is 0.569. The van der Waals surface area contributed by atoms with Crippen LogP contribution in [0.15, 0.2) is 29.2 Å². The summed E-state index contributed by atoms with van der Waals surface area (Å²) in [4.78, 5) is 12.5. The summed E-state index contributed by atoms with van der Waals surface area (Å²) in [5.74, 6) is 0.573. The first-order valence-corrected chi connectivity index (χ1v) is 11.2. The van der Waals surface area contributed by atoms with Gasteiger partial charge in [-0.15, -0.1) is 0 Å². The van der Waals surface area contributed by atoms with Crippen molar-refractivity contribution in [3.8, 4) is 0 Å². The molecule has 0 bridgehead atoms. The smallest absolute Gasteiger partial charge is 0.243 e. The number of rotatable bonds is 10. The summed E-state index contributed by atoms with van der Waals surface area (Å²) in [7, 11) is -3.48. The Hall–Kier alpha value is -2.04. The zero-order valence-corrected chi connectivity index (χ0v) is 18.1. The Balaban J connectivity index is 1.99. The number of benzene rings is 1. The summed E-state index contributed by atoms with van der Waals surface area (Å²) >= 11 is 5.18. The molecule has 10 heteroatoms. The molecule has 2 N–H and O–H groups in total. The van der Waals surface area contributed by atoms with Crippen LogP contribution in [-0.2, 0) is 34.3 Å². The van der Waals surface area contributed by atoms with Crippen LogP contribution >= 0.6 is 12.2 Å². The second-order valence-electron chi connectivity index (χ2n) is 6.29. The lowest BCUT2D eigenvalue weighted by Gasteiger charge is -2.18. The molecule has 2 rings (SSSR count). The first-order valence-electron chi connectivity index (χ1n) is 9.33. The fourth-order valence-electron chi connectivity index (χ4n) is 2.82. The van der Waals surface area contributed by atoms with E-state index in [4.69, 9.17) is 12.2 Å². The maximum atomic E-state index is 12.5. The normalized spacial score (nSPS) is 11.7. The molecule has 28 heavy (non-hydrogen) atoms. The predicted molar refractivity (Wildman–Crippen MR) is 110 cm³/mol. The second-order valence-corrected chi connectivity index (χ2v) is 8.62. The van der Waals surface area contributed by atoms with Crippen molar-refractivity contribution in [2.75, 3.05) is 13.1 Å². The Morgan fingerprint density at radius 1 is 1.21 bits per heavy atom. The number of hydrogen-bond donors (Lipinski definition) is 2. The molecule has 0 unspecified atom stereocenters. The lowest BCUT2D eigenvalue weighted by molar-refractivity contribution is -0.121. The van der Waals surface area contributed by atoms with Gasteiger partial charge in [0.05, 0.1) is 4.90 Å². The van der Waals surface area contributed by atoms with Gasteiger partial charge in [0.2, 0.25) is 15.9 Å². The van der Waals surface area contributed by atoms with Crippen LogP contribution < -0.4 is 5.32 Å². The third-order valence-electron chi connectivity index (χ3n) is 4.37. The number of sulfonamides is 1. The summed E-state index contributed by atoms with van der Waals surface area (Å²) in [6.07, 6.45) is 1.65. The molecule has 0 atom stereocenters. The van der Waals surface area contributed by atoms with Crippen LogP contribution in [0.5, 0.6) is 0 Å². The zero-order chi connectivity index (χ0) is 20.7. The second kappa shape index (κ2) is 9.94. The van der Waals surface area contributed by atoms with Gasteiger partial charge in [0.1, 0.15) is 12.4 Å². The van der Waals surface area contributed by atoms with Crippen molar-refractivity contribution in [3.05, 3.63) is 40.4 Å². The van der Waals surface area contributed by atoms with Crippen LogP contribution in [0.1, 0.15) is 38.6 Å². The van der Waals surface area contributed by atoms with E-state index in [0.29, 0.717) is 24.4 Å². The van der Waals surface area contributed by atoms with E-state index < -0.39 is 10.0 Å². The fourth-order valence-corrected chi connectivity index (χ4v) is 4.49. The van der Waals surface area contributed by atoms with Crippen molar-refractivity contribution in [2.45, 2.75) is 51.6 Å². The standard InChI is InChI=1S/C18H27N5O3S2/c1-4-7-16-20-21-18(27)23(16)13-17(24)19-12-14-8-10-15(11-9-14)28(25,26)22(5-2)6-3/h8-11H,4-7,12-13H2,1-3H3,(H,19,24)(H,21,27). The third kappa shape index (κ3) is 5.27. The van der Waals surface area contributed by atoms with Crippen LogP contribution in [0.2, 0.25) is 0 Å². The number of carbonyl (C=O) groups is 1. The molecule has 2 aromatic rings. The molecule has 0 saturated carbocycles. The maximum Gasteiger partial charge on any atom is 0.243 e. The lowest BCUT2D eigenvalue weighted by atomic mass is 10.2. The number of nitrogens with zero attached hydrogens (tertiary/aromatic N) is 3. The zero-order valence-electron chi connectivity index (χ0n) is 16.4. The topological polar surface area (TPSA) is 100 Å². The van der Waals surface area contributed by atoms with Crippen molar-refractivity contribution < 1.29 is 13.2 Å². The van der Waals surface area contributed by atoms with Crippen molar-refractivity contribution in [1.29, 1.82) is 0 Å². The van der Waals surface area contributed by atoms with E-state index in [1.54, 1.807) is 28.8 Å². The molecular formula is C18H27N5O3S2. The van der Waals surface area contributed by atoms with Crippen LogP contribution in [0.3, 0.4) is 0 Å². The lowest BCUT2D eigenvalue weighted by Crippen LogP contribution is -2.30. The molecule has 0 saturated heterocycles. The van der Waals surface area contributed by atoms with Gasteiger partial charge in [-0.3, -0.25) is 14.5 Å². The number of aromatic amines is 1. The van der Waals surface area contributed by atoms with Gasteiger partial charge in [-0.25, -0.2) is 8.42 Å². The largest absolute Gasteiger partial charge is 0.350 e. The molecule has 0 radical (unpaired) electrons. The summed E-state index contributed by atoms with van der Waals surface area (Å²) < 4.78 is 28.5. The Morgan fingerprint density at radius 2 is 1.86 bits per heavy atom. The highest BCUT2D eigenvalue weighted by molar-refractivity contribution is 7.89. The highest BCUT2D eigenvalue weighted by atomic mass is 32.2. The highest BCUT2D eigenvalue weighted by Crippen LogP contribution is 2.16. The van der Waals surface area contributed by atoms with E-state index in [0.717, 1.165) is 24.2 Å². The minimum atomic E-state index is -3.48. The Bertz CT molecular complexity index is 944. The fraction of sp³-hybridized carbons (Fsp3) is 0.500. The average molecular weight is 426 g/mol. The third-order valence-corrected chi connectivity index (χ3v) is 6.74.